The van der Waals surface area contributed by atoms with Crippen molar-refractivity contribution in [2.45, 2.75) is 32.7 Å². The van der Waals surface area contributed by atoms with Crippen molar-refractivity contribution < 1.29 is 14.3 Å². The van der Waals surface area contributed by atoms with Crippen molar-refractivity contribution in [3.05, 3.63) is 59.7 Å². The molecule has 5 nitrogen and oxygen atoms in total. The summed E-state index contributed by atoms with van der Waals surface area (Å²) in [4.78, 5) is 27.4. The van der Waals surface area contributed by atoms with E-state index in [2.05, 4.69) is 11.4 Å². The molecular weight excluding hydrogens is 340 g/mol. The van der Waals surface area contributed by atoms with E-state index in [1.165, 1.54) is 5.56 Å². The molecule has 1 aliphatic heterocycles. The molecule has 1 N–H and O–H groups in total. The first kappa shape index (κ1) is 19.0. The predicted molar refractivity (Wildman–Crippen MR) is 106 cm³/mol. The molecular formula is C22H26N2O3. The highest BCUT2D eigenvalue weighted by molar-refractivity contribution is 6.01. The smallest absolute Gasteiger partial charge is 0.249 e. The van der Waals surface area contributed by atoms with Gasteiger partial charge in [0.15, 0.2) is 0 Å². The lowest BCUT2D eigenvalue weighted by atomic mass is 10.0. The third-order valence-corrected chi connectivity index (χ3v) is 4.93. The molecule has 0 bridgehead atoms. The highest BCUT2D eigenvalue weighted by Gasteiger charge is 2.32. The second kappa shape index (κ2) is 8.25. The van der Waals surface area contributed by atoms with Crippen LogP contribution in [-0.4, -0.2) is 31.5 Å². The van der Waals surface area contributed by atoms with Gasteiger partial charge in [-0.2, -0.15) is 0 Å². The first-order valence-electron chi connectivity index (χ1n) is 9.31. The van der Waals surface area contributed by atoms with Gasteiger partial charge >= 0.3 is 0 Å². The Morgan fingerprint density at radius 1 is 1.11 bits per heavy atom. The molecule has 0 saturated carbocycles. The predicted octanol–water partition coefficient (Wildman–Crippen LogP) is 2.97. The topological polar surface area (TPSA) is 58.6 Å². The minimum Gasteiger partial charge on any atom is -0.497 e. The Kier molecular flexibility index (Phi) is 5.79. The first-order valence-corrected chi connectivity index (χ1v) is 9.31. The molecule has 3 rings (SSSR count). The van der Waals surface area contributed by atoms with Gasteiger partial charge in [-0.25, -0.2) is 0 Å². The number of rotatable bonds is 6. The van der Waals surface area contributed by atoms with Crippen LogP contribution < -0.4 is 15.0 Å². The number of hydrogen-bond acceptors (Lipinski definition) is 3. The normalized spacial score (nSPS) is 14.0. The quantitative estimate of drug-likeness (QED) is 0.855. The van der Waals surface area contributed by atoms with Crippen molar-refractivity contribution in [2.75, 3.05) is 18.6 Å². The van der Waals surface area contributed by atoms with Crippen LogP contribution in [-0.2, 0) is 22.4 Å². The lowest BCUT2D eigenvalue weighted by Crippen LogP contribution is -2.51. The summed E-state index contributed by atoms with van der Waals surface area (Å²) in [7, 11) is 1.61. The monoisotopic (exact) mass is 366 g/mol. The van der Waals surface area contributed by atoms with Gasteiger partial charge in [-0.05, 0) is 41.7 Å². The van der Waals surface area contributed by atoms with Crippen LogP contribution in [0, 0.1) is 5.92 Å². The summed E-state index contributed by atoms with van der Waals surface area (Å²) >= 11 is 0. The van der Waals surface area contributed by atoms with Gasteiger partial charge < -0.3 is 15.0 Å². The zero-order valence-corrected chi connectivity index (χ0v) is 16.1. The highest BCUT2D eigenvalue weighted by atomic mass is 16.5. The average Bonchev–Trinajstić information content (AvgIpc) is 3.10. The molecule has 5 heteroatoms. The van der Waals surface area contributed by atoms with E-state index in [1.807, 2.05) is 56.3 Å². The number of amides is 2. The van der Waals surface area contributed by atoms with E-state index < -0.39 is 6.04 Å². The Balaban J connectivity index is 1.68. The zero-order chi connectivity index (χ0) is 19.4. The molecule has 2 aromatic rings. The Labute approximate surface area is 160 Å². The van der Waals surface area contributed by atoms with E-state index in [9.17, 15) is 9.59 Å². The number of methoxy groups -OCH3 is 1. The van der Waals surface area contributed by atoms with Crippen molar-refractivity contribution >= 4 is 17.5 Å². The number of fused-ring (bicyclic) bond motifs is 1. The molecule has 0 radical (unpaired) electrons. The molecule has 1 aliphatic rings. The second-order valence-corrected chi connectivity index (χ2v) is 7.18. The summed E-state index contributed by atoms with van der Waals surface area (Å²) in [6.45, 7) is 4.58. The lowest BCUT2D eigenvalue weighted by molar-refractivity contribution is -0.128. The number of carbonyl (C=O) groups excluding carboxylic acids is 2. The summed E-state index contributed by atoms with van der Waals surface area (Å²) in [6, 6.07) is 14.8. The maximum absolute atomic E-state index is 13.1. The molecule has 27 heavy (non-hydrogen) atoms. The van der Waals surface area contributed by atoms with E-state index in [4.69, 9.17) is 4.74 Å². The van der Waals surface area contributed by atoms with E-state index in [0.717, 1.165) is 23.4 Å². The van der Waals surface area contributed by atoms with Gasteiger partial charge in [0.05, 0.1) is 13.5 Å². The zero-order valence-electron chi connectivity index (χ0n) is 16.1. The molecule has 0 aliphatic carbocycles. The van der Waals surface area contributed by atoms with E-state index >= 15 is 0 Å². The van der Waals surface area contributed by atoms with Crippen LogP contribution in [0.5, 0.6) is 5.75 Å². The van der Waals surface area contributed by atoms with Gasteiger partial charge in [-0.3, -0.25) is 9.59 Å². The lowest BCUT2D eigenvalue weighted by Gasteiger charge is -2.27. The molecule has 1 heterocycles. The molecule has 2 aromatic carbocycles. The number of nitrogens with one attached hydrogen (secondary N) is 1. The summed E-state index contributed by atoms with van der Waals surface area (Å²) in [5.41, 5.74) is 3.02. The van der Waals surface area contributed by atoms with Crippen LogP contribution in [0.1, 0.15) is 25.0 Å². The van der Waals surface area contributed by atoms with Crippen molar-refractivity contribution in [3.63, 3.8) is 0 Å². The van der Waals surface area contributed by atoms with Crippen LogP contribution in [0.2, 0.25) is 0 Å². The Bertz CT molecular complexity index is 815. The molecule has 0 unspecified atom stereocenters. The maximum atomic E-state index is 13.1. The first-order chi connectivity index (χ1) is 13.0. The van der Waals surface area contributed by atoms with Gasteiger partial charge in [0.2, 0.25) is 11.8 Å². The van der Waals surface area contributed by atoms with Gasteiger partial charge in [-0.1, -0.05) is 44.2 Å². The van der Waals surface area contributed by atoms with E-state index in [0.29, 0.717) is 6.54 Å². The van der Waals surface area contributed by atoms with Crippen molar-refractivity contribution in [2.24, 2.45) is 5.92 Å². The SMILES string of the molecule is COc1ccc(CC(=O)N[C@H](C(=O)N2CCc3ccccc32)C(C)C)cc1. The average molecular weight is 366 g/mol. The molecule has 2 amide bonds. The summed E-state index contributed by atoms with van der Waals surface area (Å²) < 4.78 is 5.14. The third kappa shape index (κ3) is 4.30. The largest absolute Gasteiger partial charge is 0.497 e. The van der Waals surface area contributed by atoms with Crippen LogP contribution in [0.25, 0.3) is 0 Å². The summed E-state index contributed by atoms with van der Waals surface area (Å²) in [5, 5.41) is 2.94. The van der Waals surface area contributed by atoms with Crippen LogP contribution in [0.15, 0.2) is 48.5 Å². The molecule has 0 aromatic heterocycles. The minimum absolute atomic E-state index is 0.00470. The molecule has 0 spiro atoms. The second-order valence-electron chi connectivity index (χ2n) is 7.18. The number of hydrogen-bond donors (Lipinski definition) is 1. The summed E-state index contributed by atoms with van der Waals surface area (Å²) in [6.07, 6.45) is 1.09. The van der Waals surface area contributed by atoms with Crippen LogP contribution >= 0.6 is 0 Å². The van der Waals surface area contributed by atoms with Gasteiger partial charge in [0.1, 0.15) is 11.8 Å². The molecule has 0 saturated heterocycles. The number of benzene rings is 2. The van der Waals surface area contributed by atoms with Gasteiger partial charge in [0.25, 0.3) is 0 Å². The maximum Gasteiger partial charge on any atom is 0.249 e. The van der Waals surface area contributed by atoms with Gasteiger partial charge in [0, 0.05) is 12.2 Å². The van der Waals surface area contributed by atoms with Gasteiger partial charge in [-0.15, -0.1) is 0 Å². The molecule has 1 atom stereocenters. The standard InChI is InChI=1S/C22H26N2O3/c1-15(2)21(22(26)24-13-12-17-6-4-5-7-19(17)24)23-20(25)14-16-8-10-18(27-3)11-9-16/h4-11,15,21H,12-14H2,1-3H3,(H,23,25)/t21-/m0/s1. The summed E-state index contributed by atoms with van der Waals surface area (Å²) in [5.74, 6) is 0.560. The van der Waals surface area contributed by atoms with Crippen molar-refractivity contribution in [3.8, 4) is 5.75 Å². The molecule has 0 fully saturated rings. The Hall–Kier alpha value is -2.82. The van der Waals surface area contributed by atoms with E-state index in [1.54, 1.807) is 12.0 Å². The number of nitrogens with zero attached hydrogens (tertiary/aromatic N) is 1. The van der Waals surface area contributed by atoms with E-state index in [-0.39, 0.29) is 24.2 Å². The number of ether oxygens (including phenoxy) is 1. The number of carbonyl (C=O) groups is 2. The molecule has 142 valence electrons. The van der Waals surface area contributed by atoms with Crippen molar-refractivity contribution in [1.82, 2.24) is 5.32 Å². The highest BCUT2D eigenvalue weighted by Crippen LogP contribution is 2.28. The number of para-hydroxylation sites is 1. The number of anilines is 1. The van der Waals surface area contributed by atoms with Crippen LogP contribution in [0.4, 0.5) is 5.69 Å². The van der Waals surface area contributed by atoms with Crippen molar-refractivity contribution in [1.29, 1.82) is 0 Å². The fourth-order valence-corrected chi connectivity index (χ4v) is 3.40. The van der Waals surface area contributed by atoms with Crippen LogP contribution in [0.3, 0.4) is 0 Å². The fourth-order valence-electron chi connectivity index (χ4n) is 3.40. The fraction of sp³-hybridized carbons (Fsp3) is 0.364. The Morgan fingerprint density at radius 3 is 2.48 bits per heavy atom. The Morgan fingerprint density at radius 2 is 1.81 bits per heavy atom. The minimum atomic E-state index is -0.540. The third-order valence-electron chi connectivity index (χ3n) is 4.93.